The van der Waals surface area contributed by atoms with Crippen molar-refractivity contribution in [1.29, 1.82) is 0 Å². The fourth-order valence-corrected chi connectivity index (χ4v) is 1.54. The predicted molar refractivity (Wildman–Crippen MR) is 46.9 cm³/mol. The summed E-state index contributed by atoms with van der Waals surface area (Å²) in [4.78, 5) is 0. The van der Waals surface area contributed by atoms with E-state index in [2.05, 4.69) is 17.5 Å². The molecule has 1 unspecified atom stereocenters. The molecule has 0 amide bonds. The van der Waals surface area contributed by atoms with Crippen LogP contribution in [0.4, 0.5) is 0 Å². The van der Waals surface area contributed by atoms with Crippen molar-refractivity contribution < 1.29 is 4.42 Å². The zero-order chi connectivity index (χ0) is 8.60. The molecule has 1 aliphatic heterocycles. The maximum absolute atomic E-state index is 5.33. The van der Waals surface area contributed by atoms with Crippen molar-refractivity contribution in [3.8, 4) is 0 Å². The molecule has 0 saturated carbocycles. The third-order valence-electron chi connectivity index (χ3n) is 2.17. The van der Waals surface area contributed by atoms with E-state index in [9.17, 15) is 0 Å². The summed E-state index contributed by atoms with van der Waals surface area (Å²) >= 11 is 0. The SMILES string of the molecule is CC1=NNC(C)(c2ccco2)C1. The van der Waals surface area contributed by atoms with Gasteiger partial charge in [0.1, 0.15) is 11.3 Å². The Bertz CT molecular complexity index is 302. The van der Waals surface area contributed by atoms with E-state index in [-0.39, 0.29) is 5.54 Å². The van der Waals surface area contributed by atoms with Gasteiger partial charge in [-0.1, -0.05) is 0 Å². The Hall–Kier alpha value is -1.25. The van der Waals surface area contributed by atoms with Gasteiger partial charge in [-0.3, -0.25) is 5.43 Å². The van der Waals surface area contributed by atoms with Crippen LogP contribution in [-0.2, 0) is 5.54 Å². The maximum Gasteiger partial charge on any atom is 0.130 e. The van der Waals surface area contributed by atoms with Crippen molar-refractivity contribution in [2.75, 3.05) is 0 Å². The van der Waals surface area contributed by atoms with Crippen LogP contribution >= 0.6 is 0 Å². The van der Waals surface area contributed by atoms with Crippen LogP contribution in [0.15, 0.2) is 27.9 Å². The van der Waals surface area contributed by atoms with Gasteiger partial charge < -0.3 is 4.42 Å². The standard InChI is InChI=1S/C9H12N2O/c1-7-6-9(2,11-10-7)8-4-3-5-12-8/h3-5,11H,6H2,1-2H3. The van der Waals surface area contributed by atoms with Crippen molar-refractivity contribution >= 4 is 5.71 Å². The summed E-state index contributed by atoms with van der Waals surface area (Å²) in [6.07, 6.45) is 2.61. The van der Waals surface area contributed by atoms with E-state index in [1.165, 1.54) is 0 Å². The van der Waals surface area contributed by atoms with Crippen molar-refractivity contribution in [1.82, 2.24) is 5.43 Å². The summed E-state index contributed by atoms with van der Waals surface area (Å²) in [5.74, 6) is 0.947. The molecule has 1 aromatic rings. The number of nitrogens with one attached hydrogen (secondary N) is 1. The molecule has 2 heterocycles. The van der Waals surface area contributed by atoms with Crippen LogP contribution in [0.5, 0.6) is 0 Å². The number of hydrogen-bond donors (Lipinski definition) is 1. The Balaban J connectivity index is 2.26. The second kappa shape index (κ2) is 2.37. The van der Waals surface area contributed by atoms with Gasteiger partial charge in [-0.05, 0) is 26.0 Å². The molecule has 0 radical (unpaired) electrons. The average molecular weight is 164 g/mol. The second-order valence-corrected chi connectivity index (χ2v) is 3.45. The molecule has 3 nitrogen and oxygen atoms in total. The lowest BCUT2D eigenvalue weighted by Crippen LogP contribution is -2.31. The van der Waals surface area contributed by atoms with E-state index in [4.69, 9.17) is 4.42 Å². The number of nitrogens with zero attached hydrogens (tertiary/aromatic N) is 1. The number of furan rings is 1. The van der Waals surface area contributed by atoms with Crippen molar-refractivity contribution in [3.05, 3.63) is 24.2 Å². The number of rotatable bonds is 1. The highest BCUT2D eigenvalue weighted by molar-refractivity contribution is 5.84. The Morgan fingerprint density at radius 3 is 3.00 bits per heavy atom. The lowest BCUT2D eigenvalue weighted by molar-refractivity contribution is 0.328. The monoisotopic (exact) mass is 164 g/mol. The Kier molecular flexibility index (Phi) is 1.46. The highest BCUT2D eigenvalue weighted by Crippen LogP contribution is 2.28. The van der Waals surface area contributed by atoms with Crippen LogP contribution in [-0.4, -0.2) is 5.71 Å². The third kappa shape index (κ3) is 1.02. The molecular formula is C9H12N2O. The first-order valence-corrected chi connectivity index (χ1v) is 4.05. The minimum absolute atomic E-state index is 0.131. The minimum atomic E-state index is -0.131. The topological polar surface area (TPSA) is 37.5 Å². The summed E-state index contributed by atoms with van der Waals surface area (Å²) < 4.78 is 5.33. The largest absolute Gasteiger partial charge is 0.467 e. The molecule has 1 aromatic heterocycles. The molecule has 0 aliphatic carbocycles. The summed E-state index contributed by atoms with van der Waals surface area (Å²) in [5.41, 5.74) is 4.07. The first kappa shape index (κ1) is 7.40. The van der Waals surface area contributed by atoms with Gasteiger partial charge >= 0.3 is 0 Å². The Morgan fingerprint density at radius 2 is 2.50 bits per heavy atom. The summed E-state index contributed by atoms with van der Waals surface area (Å²) in [5, 5.41) is 4.15. The van der Waals surface area contributed by atoms with E-state index in [1.54, 1.807) is 6.26 Å². The molecule has 0 aromatic carbocycles. The molecule has 1 N–H and O–H groups in total. The van der Waals surface area contributed by atoms with Crippen molar-refractivity contribution in [3.63, 3.8) is 0 Å². The summed E-state index contributed by atoms with van der Waals surface area (Å²) in [6, 6.07) is 3.87. The first-order chi connectivity index (χ1) is 5.71. The maximum atomic E-state index is 5.33. The van der Waals surface area contributed by atoms with Gasteiger partial charge in [0.25, 0.3) is 0 Å². The molecule has 1 atom stereocenters. The molecule has 64 valence electrons. The molecule has 1 aliphatic rings. The zero-order valence-corrected chi connectivity index (χ0v) is 7.29. The van der Waals surface area contributed by atoms with Gasteiger partial charge in [-0.25, -0.2) is 0 Å². The lowest BCUT2D eigenvalue weighted by atomic mass is 9.95. The quantitative estimate of drug-likeness (QED) is 0.688. The molecule has 3 heteroatoms. The van der Waals surface area contributed by atoms with Crippen LogP contribution < -0.4 is 5.43 Å². The van der Waals surface area contributed by atoms with E-state index < -0.39 is 0 Å². The normalized spacial score (nSPS) is 28.3. The Morgan fingerprint density at radius 1 is 1.67 bits per heavy atom. The molecule has 0 saturated heterocycles. The van der Waals surface area contributed by atoms with Gasteiger partial charge in [0.2, 0.25) is 0 Å². The average Bonchev–Trinajstić information content (AvgIpc) is 2.59. The fraction of sp³-hybridized carbons (Fsp3) is 0.444. The molecule has 12 heavy (non-hydrogen) atoms. The highest BCUT2D eigenvalue weighted by Gasteiger charge is 2.33. The predicted octanol–water partition coefficient (Wildman–Crippen LogP) is 1.86. The molecule has 2 rings (SSSR count). The smallest absolute Gasteiger partial charge is 0.130 e. The third-order valence-corrected chi connectivity index (χ3v) is 2.17. The first-order valence-electron chi connectivity index (χ1n) is 4.05. The van der Waals surface area contributed by atoms with Gasteiger partial charge in [0.15, 0.2) is 0 Å². The van der Waals surface area contributed by atoms with E-state index in [1.807, 2.05) is 19.1 Å². The second-order valence-electron chi connectivity index (χ2n) is 3.45. The van der Waals surface area contributed by atoms with Crippen LogP contribution in [0, 0.1) is 0 Å². The lowest BCUT2D eigenvalue weighted by Gasteiger charge is -2.20. The van der Waals surface area contributed by atoms with Crippen molar-refractivity contribution in [2.24, 2.45) is 5.10 Å². The van der Waals surface area contributed by atoms with E-state index in [0.29, 0.717) is 0 Å². The van der Waals surface area contributed by atoms with Crippen LogP contribution in [0.3, 0.4) is 0 Å². The van der Waals surface area contributed by atoms with Gasteiger partial charge in [-0.2, -0.15) is 5.10 Å². The fourth-order valence-electron chi connectivity index (χ4n) is 1.54. The summed E-state index contributed by atoms with van der Waals surface area (Å²) in [7, 11) is 0. The van der Waals surface area contributed by atoms with Crippen molar-refractivity contribution in [2.45, 2.75) is 25.8 Å². The molecule has 0 fully saturated rings. The number of hydrazone groups is 1. The van der Waals surface area contributed by atoms with Gasteiger partial charge in [-0.15, -0.1) is 0 Å². The minimum Gasteiger partial charge on any atom is -0.467 e. The van der Waals surface area contributed by atoms with Crippen LogP contribution in [0.1, 0.15) is 26.0 Å². The van der Waals surface area contributed by atoms with Gasteiger partial charge in [0.05, 0.1) is 6.26 Å². The Labute approximate surface area is 71.5 Å². The van der Waals surface area contributed by atoms with Crippen LogP contribution in [0.25, 0.3) is 0 Å². The highest BCUT2D eigenvalue weighted by atomic mass is 16.3. The van der Waals surface area contributed by atoms with Crippen LogP contribution in [0.2, 0.25) is 0 Å². The number of hydrogen-bond acceptors (Lipinski definition) is 3. The molecule has 0 spiro atoms. The zero-order valence-electron chi connectivity index (χ0n) is 7.29. The molecular weight excluding hydrogens is 152 g/mol. The molecule has 0 bridgehead atoms. The van der Waals surface area contributed by atoms with E-state index in [0.717, 1.165) is 17.9 Å². The van der Waals surface area contributed by atoms with E-state index >= 15 is 0 Å². The summed E-state index contributed by atoms with van der Waals surface area (Å²) in [6.45, 7) is 4.10. The van der Waals surface area contributed by atoms with Gasteiger partial charge in [0, 0.05) is 12.1 Å².